The number of hydrogen-bond acceptors (Lipinski definition) is 6. The molecule has 6 heteroatoms. The van der Waals surface area contributed by atoms with Crippen molar-refractivity contribution in [3.63, 3.8) is 0 Å². The fourth-order valence-electron chi connectivity index (χ4n) is 6.10. The van der Waals surface area contributed by atoms with Crippen LogP contribution in [0.25, 0.3) is 89.0 Å². The minimum atomic E-state index is 0.598. The molecule has 0 fully saturated rings. The molecule has 46 heavy (non-hydrogen) atoms. The average molecular weight is 589 g/mol. The lowest BCUT2D eigenvalue weighted by Gasteiger charge is -2.12. The standard InChI is InChI=1S/C40H24N6/c1-3-11-26(12-4-1)37-44-38(27-13-5-2-6-14-27)46-39(45-37)30-16-9-15-28(23-30)34-32-19-8-7-18-31(32)33-24-29-21-20-25-17-10-22-41-35(25)36(29)43-40(33)42-34/h1-24H. The number of rotatable bonds is 4. The van der Waals surface area contributed by atoms with E-state index in [0.717, 1.165) is 65.9 Å². The van der Waals surface area contributed by atoms with Crippen LogP contribution in [0.1, 0.15) is 0 Å². The van der Waals surface area contributed by atoms with E-state index in [0.29, 0.717) is 23.1 Å². The van der Waals surface area contributed by atoms with Gasteiger partial charge in [-0.25, -0.2) is 24.9 Å². The van der Waals surface area contributed by atoms with Gasteiger partial charge >= 0.3 is 0 Å². The van der Waals surface area contributed by atoms with Gasteiger partial charge in [-0.3, -0.25) is 4.98 Å². The van der Waals surface area contributed by atoms with Gasteiger partial charge in [-0.15, -0.1) is 0 Å². The van der Waals surface area contributed by atoms with Crippen molar-refractivity contribution in [3.8, 4) is 45.4 Å². The molecule has 4 heterocycles. The van der Waals surface area contributed by atoms with Crippen molar-refractivity contribution < 1.29 is 0 Å². The summed E-state index contributed by atoms with van der Waals surface area (Å²) in [5, 5.41) is 5.26. The summed E-state index contributed by atoms with van der Waals surface area (Å²) in [6.45, 7) is 0. The van der Waals surface area contributed by atoms with Crippen LogP contribution in [0, 0.1) is 0 Å². The van der Waals surface area contributed by atoms with Gasteiger partial charge in [-0.05, 0) is 23.6 Å². The highest BCUT2D eigenvalue weighted by molar-refractivity contribution is 6.14. The van der Waals surface area contributed by atoms with Gasteiger partial charge in [0.25, 0.3) is 0 Å². The summed E-state index contributed by atoms with van der Waals surface area (Å²) < 4.78 is 0. The molecule has 0 saturated heterocycles. The molecule has 5 aromatic carbocycles. The summed E-state index contributed by atoms with van der Waals surface area (Å²) in [6.07, 6.45) is 1.81. The van der Waals surface area contributed by atoms with Crippen molar-refractivity contribution in [2.24, 2.45) is 0 Å². The first kappa shape index (κ1) is 26.0. The molecular formula is C40H24N6. The Morgan fingerprint density at radius 1 is 0.348 bits per heavy atom. The molecule has 0 aliphatic rings. The van der Waals surface area contributed by atoms with Crippen LogP contribution < -0.4 is 0 Å². The highest BCUT2D eigenvalue weighted by Gasteiger charge is 2.16. The van der Waals surface area contributed by atoms with Crippen LogP contribution in [0.2, 0.25) is 0 Å². The lowest BCUT2D eigenvalue weighted by Crippen LogP contribution is -2.00. The van der Waals surface area contributed by atoms with Crippen molar-refractivity contribution >= 4 is 43.6 Å². The Morgan fingerprint density at radius 2 is 0.957 bits per heavy atom. The van der Waals surface area contributed by atoms with Gasteiger partial charge in [0.05, 0.1) is 16.7 Å². The predicted molar refractivity (Wildman–Crippen MR) is 185 cm³/mol. The molecule has 0 atom stereocenters. The van der Waals surface area contributed by atoms with E-state index in [1.54, 1.807) is 0 Å². The van der Waals surface area contributed by atoms with Crippen molar-refractivity contribution in [2.45, 2.75) is 0 Å². The molecule has 6 nitrogen and oxygen atoms in total. The monoisotopic (exact) mass is 588 g/mol. The van der Waals surface area contributed by atoms with Crippen LogP contribution in [0.15, 0.2) is 146 Å². The van der Waals surface area contributed by atoms with Crippen molar-refractivity contribution in [1.82, 2.24) is 29.9 Å². The second-order valence-electron chi connectivity index (χ2n) is 11.2. The van der Waals surface area contributed by atoms with Crippen molar-refractivity contribution in [1.29, 1.82) is 0 Å². The largest absolute Gasteiger partial charge is 0.254 e. The summed E-state index contributed by atoms with van der Waals surface area (Å²) in [6, 6.07) is 47.1. The van der Waals surface area contributed by atoms with Crippen molar-refractivity contribution in [3.05, 3.63) is 146 Å². The zero-order chi connectivity index (χ0) is 30.5. The topological polar surface area (TPSA) is 77.3 Å². The van der Waals surface area contributed by atoms with E-state index in [1.807, 2.05) is 85.1 Å². The normalized spacial score (nSPS) is 11.5. The maximum absolute atomic E-state index is 5.20. The summed E-state index contributed by atoms with van der Waals surface area (Å²) in [5.41, 5.74) is 6.95. The summed E-state index contributed by atoms with van der Waals surface area (Å²) in [7, 11) is 0. The molecule has 0 spiro atoms. The molecule has 9 rings (SSSR count). The number of benzene rings is 5. The number of aromatic nitrogens is 6. The SMILES string of the molecule is c1ccc(-c2nc(-c3ccccc3)nc(-c3cccc(-c4nc5nc6c(ccc7cccnc76)cc5c5ccccc45)c3)n2)cc1. The highest BCUT2D eigenvalue weighted by Crippen LogP contribution is 2.35. The molecule has 0 amide bonds. The van der Waals surface area contributed by atoms with Crippen molar-refractivity contribution in [2.75, 3.05) is 0 Å². The molecule has 0 radical (unpaired) electrons. The zero-order valence-electron chi connectivity index (χ0n) is 24.5. The van der Waals surface area contributed by atoms with E-state index in [-0.39, 0.29) is 0 Å². The molecule has 9 aromatic rings. The van der Waals surface area contributed by atoms with E-state index in [4.69, 9.17) is 24.9 Å². The minimum Gasteiger partial charge on any atom is -0.254 e. The lowest BCUT2D eigenvalue weighted by atomic mass is 9.99. The van der Waals surface area contributed by atoms with Gasteiger partial charge in [-0.2, -0.15) is 0 Å². The molecule has 0 bridgehead atoms. The van der Waals surface area contributed by atoms with Gasteiger partial charge in [-0.1, -0.05) is 121 Å². The molecule has 0 saturated carbocycles. The second-order valence-corrected chi connectivity index (χ2v) is 11.2. The average Bonchev–Trinajstić information content (AvgIpc) is 3.14. The van der Waals surface area contributed by atoms with E-state index in [9.17, 15) is 0 Å². The van der Waals surface area contributed by atoms with E-state index in [2.05, 4.69) is 65.6 Å². The van der Waals surface area contributed by atoms with Crippen LogP contribution in [0.5, 0.6) is 0 Å². The predicted octanol–water partition coefficient (Wildman–Crippen LogP) is 9.34. The number of fused-ring (bicyclic) bond motifs is 6. The third-order valence-electron chi connectivity index (χ3n) is 8.32. The fraction of sp³-hybridized carbons (Fsp3) is 0. The van der Waals surface area contributed by atoms with Gasteiger partial charge in [0.2, 0.25) is 0 Å². The fourth-order valence-corrected chi connectivity index (χ4v) is 6.10. The van der Waals surface area contributed by atoms with E-state index in [1.165, 1.54) is 0 Å². The molecule has 0 aliphatic heterocycles. The minimum absolute atomic E-state index is 0.598. The van der Waals surface area contributed by atoms with Gasteiger partial charge < -0.3 is 0 Å². The highest BCUT2D eigenvalue weighted by atomic mass is 15.0. The molecule has 4 aromatic heterocycles. The Morgan fingerprint density at radius 3 is 1.70 bits per heavy atom. The first-order valence-electron chi connectivity index (χ1n) is 15.1. The Kier molecular flexibility index (Phi) is 6.03. The van der Waals surface area contributed by atoms with Crippen LogP contribution in [-0.4, -0.2) is 29.9 Å². The number of hydrogen-bond donors (Lipinski definition) is 0. The van der Waals surface area contributed by atoms with Gasteiger partial charge in [0, 0.05) is 50.0 Å². The summed E-state index contributed by atoms with van der Waals surface area (Å²) >= 11 is 0. The summed E-state index contributed by atoms with van der Waals surface area (Å²) in [4.78, 5) is 29.7. The quantitative estimate of drug-likeness (QED) is 0.151. The van der Waals surface area contributed by atoms with Crippen LogP contribution >= 0.6 is 0 Å². The maximum Gasteiger partial charge on any atom is 0.164 e. The Bertz CT molecular complexity index is 2530. The van der Waals surface area contributed by atoms with E-state index < -0.39 is 0 Å². The van der Waals surface area contributed by atoms with Crippen LogP contribution in [0.3, 0.4) is 0 Å². The third kappa shape index (κ3) is 4.43. The number of nitrogens with zero attached hydrogens (tertiary/aromatic N) is 6. The molecule has 0 N–H and O–H groups in total. The smallest absolute Gasteiger partial charge is 0.164 e. The van der Waals surface area contributed by atoms with Gasteiger partial charge in [0.15, 0.2) is 23.1 Å². The van der Waals surface area contributed by atoms with Crippen LogP contribution in [0.4, 0.5) is 0 Å². The second kappa shape index (κ2) is 10.6. The first-order valence-corrected chi connectivity index (χ1v) is 15.1. The zero-order valence-corrected chi connectivity index (χ0v) is 24.5. The Hall–Kier alpha value is -6.40. The summed E-state index contributed by atoms with van der Waals surface area (Å²) in [5.74, 6) is 1.85. The number of pyridine rings is 3. The third-order valence-corrected chi connectivity index (χ3v) is 8.32. The Balaban J connectivity index is 1.25. The van der Waals surface area contributed by atoms with Gasteiger partial charge in [0.1, 0.15) is 0 Å². The maximum atomic E-state index is 5.20. The molecular weight excluding hydrogens is 564 g/mol. The molecule has 214 valence electrons. The van der Waals surface area contributed by atoms with Crippen LogP contribution in [-0.2, 0) is 0 Å². The molecule has 0 unspecified atom stereocenters. The molecule has 0 aliphatic carbocycles. The first-order chi connectivity index (χ1) is 22.8. The van der Waals surface area contributed by atoms with E-state index >= 15 is 0 Å². The Labute approximate surface area is 264 Å². The lowest BCUT2D eigenvalue weighted by molar-refractivity contribution is 1.07.